The Balaban J connectivity index is 1.00. The molecule has 0 heterocycles. The molecule has 0 unspecified atom stereocenters. The minimum Gasteiger partial charge on any atom is -0.311 e. The average Bonchev–Trinajstić information content (AvgIpc) is 3.28. The van der Waals surface area contributed by atoms with Crippen molar-refractivity contribution in [3.63, 3.8) is 0 Å². The Hall–Kier alpha value is -7.16. The van der Waals surface area contributed by atoms with Gasteiger partial charge in [0.1, 0.15) is 0 Å². The number of rotatable bonds is 13. The average molecular weight is 721 g/mol. The fourth-order valence-electron chi connectivity index (χ4n) is 7.19. The van der Waals surface area contributed by atoms with Gasteiger partial charge in [-0.25, -0.2) is 0 Å². The highest BCUT2D eigenvalue weighted by atomic mass is 15.1. The number of benzene rings is 8. The number of hydrogen-bond donors (Lipinski definition) is 0. The Morgan fingerprint density at radius 1 is 0.286 bits per heavy atom. The molecule has 0 aliphatic rings. The number of aryl methyl sites for hydroxylation is 2. The number of hydrogen-bond acceptors (Lipinski definition) is 2. The van der Waals surface area contributed by atoms with Gasteiger partial charge in [-0.2, -0.15) is 0 Å². The Morgan fingerprint density at radius 2 is 0.536 bits per heavy atom. The molecule has 0 atom stereocenters. The molecule has 8 rings (SSSR count). The fraction of sp³-hybridized carbons (Fsp3) is 0.0370. The van der Waals surface area contributed by atoms with Crippen molar-refractivity contribution >= 4 is 46.3 Å². The molecule has 0 amide bonds. The minimum absolute atomic E-state index is 0.951. The summed E-state index contributed by atoms with van der Waals surface area (Å²) in [7, 11) is 0. The first-order valence-electron chi connectivity index (χ1n) is 19.2. The predicted octanol–water partition coefficient (Wildman–Crippen LogP) is 15.0. The van der Waals surface area contributed by atoms with Gasteiger partial charge in [0, 0.05) is 34.1 Å². The molecule has 0 saturated carbocycles. The van der Waals surface area contributed by atoms with E-state index in [0.29, 0.717) is 0 Å². The van der Waals surface area contributed by atoms with Crippen LogP contribution >= 0.6 is 0 Å². The maximum absolute atomic E-state index is 3.94. The summed E-state index contributed by atoms with van der Waals surface area (Å²) in [6.07, 6.45) is 5.67. The Bertz CT molecular complexity index is 2300. The van der Waals surface area contributed by atoms with Gasteiger partial charge < -0.3 is 9.80 Å². The van der Waals surface area contributed by atoms with Gasteiger partial charge in [0.2, 0.25) is 0 Å². The number of nitrogens with zero attached hydrogens (tertiary/aromatic N) is 2. The summed E-state index contributed by atoms with van der Waals surface area (Å²) in [5.74, 6) is 0. The van der Waals surface area contributed by atoms with E-state index in [1.165, 1.54) is 33.4 Å². The molecule has 56 heavy (non-hydrogen) atoms. The summed E-state index contributed by atoms with van der Waals surface area (Å²) >= 11 is 0. The lowest BCUT2D eigenvalue weighted by molar-refractivity contribution is 0.959. The standard InChI is InChI=1S/C54H44N2/c1-3-41-17-29-49(30-18-41)55(53-37-25-47(26-38-53)45-11-7-5-8-12-45)51-33-21-43(22-34-51)15-16-44-23-35-52(36-24-44)56(50-31-19-42(4-2)20-32-50)54-39-27-48(28-40-54)46-13-9-6-10-14-46/h3-14,17-40H,1-2,15-16H2. The Kier molecular flexibility index (Phi) is 10.8. The lowest BCUT2D eigenvalue weighted by Crippen LogP contribution is -2.10. The third kappa shape index (κ3) is 8.16. The highest BCUT2D eigenvalue weighted by molar-refractivity contribution is 5.80. The van der Waals surface area contributed by atoms with E-state index >= 15 is 0 Å². The normalized spacial score (nSPS) is 10.8. The van der Waals surface area contributed by atoms with Crippen molar-refractivity contribution in [1.29, 1.82) is 0 Å². The van der Waals surface area contributed by atoms with Crippen LogP contribution in [-0.2, 0) is 12.8 Å². The molecule has 2 heteroatoms. The molecule has 0 aromatic heterocycles. The van der Waals surface area contributed by atoms with Crippen LogP contribution in [0.15, 0.2) is 219 Å². The van der Waals surface area contributed by atoms with Crippen LogP contribution < -0.4 is 9.80 Å². The van der Waals surface area contributed by atoms with Gasteiger partial charge in [0.25, 0.3) is 0 Å². The van der Waals surface area contributed by atoms with Crippen molar-refractivity contribution in [2.75, 3.05) is 9.80 Å². The zero-order valence-electron chi connectivity index (χ0n) is 31.5. The van der Waals surface area contributed by atoms with Crippen LogP contribution in [0.2, 0.25) is 0 Å². The van der Waals surface area contributed by atoms with Crippen molar-refractivity contribution in [2.24, 2.45) is 0 Å². The molecule has 0 fully saturated rings. The zero-order chi connectivity index (χ0) is 38.1. The molecule has 0 aliphatic heterocycles. The SMILES string of the molecule is C=Cc1ccc(N(c2ccc(CCc3ccc(N(c4ccc(C=C)cc4)c4ccc(-c5ccccc5)cc4)cc3)cc2)c2ccc(-c3ccccc3)cc2)cc1. The van der Waals surface area contributed by atoms with Crippen molar-refractivity contribution in [3.8, 4) is 22.3 Å². The zero-order valence-corrected chi connectivity index (χ0v) is 31.5. The molecule has 0 saturated heterocycles. The van der Waals surface area contributed by atoms with Crippen LogP contribution in [0.3, 0.4) is 0 Å². The Labute approximate surface area is 331 Å². The van der Waals surface area contributed by atoms with E-state index in [0.717, 1.165) is 58.1 Å². The summed E-state index contributed by atoms with van der Waals surface area (Å²) in [4.78, 5) is 4.63. The van der Waals surface area contributed by atoms with Gasteiger partial charge in [0.05, 0.1) is 0 Å². The second-order valence-electron chi connectivity index (χ2n) is 13.9. The summed E-state index contributed by atoms with van der Waals surface area (Å²) < 4.78 is 0. The predicted molar refractivity (Wildman–Crippen MR) is 241 cm³/mol. The molecule has 0 bridgehead atoms. The first-order chi connectivity index (χ1) is 27.6. The molecule has 0 N–H and O–H groups in total. The maximum atomic E-state index is 3.94. The molecule has 270 valence electrons. The topological polar surface area (TPSA) is 6.48 Å². The maximum Gasteiger partial charge on any atom is 0.0462 e. The highest BCUT2D eigenvalue weighted by Gasteiger charge is 2.15. The van der Waals surface area contributed by atoms with Crippen LogP contribution in [0.4, 0.5) is 34.1 Å². The van der Waals surface area contributed by atoms with E-state index in [9.17, 15) is 0 Å². The van der Waals surface area contributed by atoms with Crippen molar-refractivity contribution in [1.82, 2.24) is 0 Å². The molecule has 2 nitrogen and oxygen atoms in total. The van der Waals surface area contributed by atoms with Crippen LogP contribution in [0.1, 0.15) is 22.3 Å². The quantitative estimate of drug-likeness (QED) is 0.117. The summed E-state index contributed by atoms with van der Waals surface area (Å²) in [6, 6.07) is 73.8. The van der Waals surface area contributed by atoms with Crippen LogP contribution in [0, 0.1) is 0 Å². The molecule has 8 aromatic rings. The Morgan fingerprint density at radius 3 is 0.821 bits per heavy atom. The fourth-order valence-corrected chi connectivity index (χ4v) is 7.19. The van der Waals surface area contributed by atoms with E-state index in [2.05, 4.69) is 229 Å². The van der Waals surface area contributed by atoms with Gasteiger partial charge in [-0.15, -0.1) is 0 Å². The summed E-state index contributed by atoms with van der Waals surface area (Å²) in [6.45, 7) is 7.89. The molecular formula is C54H44N2. The monoisotopic (exact) mass is 720 g/mol. The lowest BCUT2D eigenvalue weighted by Gasteiger charge is -2.26. The highest BCUT2D eigenvalue weighted by Crippen LogP contribution is 2.38. The van der Waals surface area contributed by atoms with E-state index < -0.39 is 0 Å². The van der Waals surface area contributed by atoms with Crippen LogP contribution in [0.5, 0.6) is 0 Å². The smallest absolute Gasteiger partial charge is 0.0462 e. The first kappa shape index (κ1) is 35.8. The van der Waals surface area contributed by atoms with Gasteiger partial charge in [0.15, 0.2) is 0 Å². The van der Waals surface area contributed by atoms with Crippen LogP contribution in [0.25, 0.3) is 34.4 Å². The van der Waals surface area contributed by atoms with Gasteiger partial charge in [-0.1, -0.05) is 159 Å². The lowest BCUT2D eigenvalue weighted by atomic mass is 10.0. The largest absolute Gasteiger partial charge is 0.311 e. The molecule has 0 spiro atoms. The summed E-state index contributed by atoms with van der Waals surface area (Å²) in [5.41, 5.74) is 16.3. The van der Waals surface area contributed by atoms with Crippen molar-refractivity contribution < 1.29 is 0 Å². The third-order valence-corrected chi connectivity index (χ3v) is 10.3. The molecule has 0 radical (unpaired) electrons. The van der Waals surface area contributed by atoms with Crippen LogP contribution in [-0.4, -0.2) is 0 Å². The molecule has 0 aliphatic carbocycles. The molecule has 8 aromatic carbocycles. The van der Waals surface area contributed by atoms with Crippen molar-refractivity contribution in [2.45, 2.75) is 12.8 Å². The summed E-state index contributed by atoms with van der Waals surface area (Å²) in [5, 5.41) is 0. The van der Waals surface area contributed by atoms with Gasteiger partial charge >= 0.3 is 0 Å². The number of anilines is 6. The van der Waals surface area contributed by atoms with Gasteiger partial charge in [-0.3, -0.25) is 0 Å². The van der Waals surface area contributed by atoms with E-state index in [-0.39, 0.29) is 0 Å². The van der Waals surface area contributed by atoms with E-state index in [1.54, 1.807) is 0 Å². The van der Waals surface area contributed by atoms with Crippen molar-refractivity contribution in [3.05, 3.63) is 242 Å². The molecular weight excluding hydrogens is 677 g/mol. The van der Waals surface area contributed by atoms with Gasteiger partial charge in [-0.05, 0) is 130 Å². The third-order valence-electron chi connectivity index (χ3n) is 10.3. The first-order valence-corrected chi connectivity index (χ1v) is 19.2. The second kappa shape index (κ2) is 16.9. The van der Waals surface area contributed by atoms with E-state index in [4.69, 9.17) is 0 Å². The second-order valence-corrected chi connectivity index (χ2v) is 13.9. The van der Waals surface area contributed by atoms with E-state index in [1.807, 2.05) is 12.2 Å². The minimum atomic E-state index is 0.951.